The SMILES string of the molecule is CCOC(=O)C1=C(C)N=c2s/c(=C\c3ccccc3OCc3ccc([N+](=O)[O-])cc3)c(=O)n2[C@@H]1c1ccc(C(C)C)cc1. The highest BCUT2D eigenvalue weighted by Crippen LogP contribution is 2.31. The Bertz CT molecular complexity index is 1890. The number of nitro groups is 1. The van der Waals surface area contributed by atoms with Gasteiger partial charge in [0.15, 0.2) is 4.80 Å². The van der Waals surface area contributed by atoms with Gasteiger partial charge in [-0.05, 0) is 60.7 Å². The number of benzene rings is 3. The maximum Gasteiger partial charge on any atom is 0.338 e. The molecule has 1 aliphatic rings. The summed E-state index contributed by atoms with van der Waals surface area (Å²) in [6.45, 7) is 8.13. The molecule has 9 nitrogen and oxygen atoms in total. The average molecular weight is 598 g/mol. The van der Waals surface area contributed by atoms with Crippen molar-refractivity contribution in [2.24, 2.45) is 4.99 Å². The highest BCUT2D eigenvalue weighted by molar-refractivity contribution is 7.07. The number of carbonyl (C=O) groups is 1. The van der Waals surface area contributed by atoms with Gasteiger partial charge in [0.2, 0.25) is 0 Å². The van der Waals surface area contributed by atoms with Gasteiger partial charge < -0.3 is 9.47 Å². The van der Waals surface area contributed by atoms with Gasteiger partial charge in [0.25, 0.3) is 11.2 Å². The summed E-state index contributed by atoms with van der Waals surface area (Å²) in [4.78, 5) is 42.8. The van der Waals surface area contributed by atoms with Crippen molar-refractivity contribution in [1.29, 1.82) is 0 Å². The van der Waals surface area contributed by atoms with Crippen LogP contribution in [0.3, 0.4) is 0 Å². The molecule has 1 aliphatic heterocycles. The summed E-state index contributed by atoms with van der Waals surface area (Å²) in [5, 5.41) is 11.0. The molecule has 2 heterocycles. The molecular weight excluding hydrogens is 566 g/mol. The summed E-state index contributed by atoms with van der Waals surface area (Å²) < 4.78 is 13.5. The predicted molar refractivity (Wildman–Crippen MR) is 165 cm³/mol. The van der Waals surface area contributed by atoms with E-state index in [1.165, 1.54) is 23.5 Å². The van der Waals surface area contributed by atoms with E-state index in [-0.39, 0.29) is 24.5 Å². The summed E-state index contributed by atoms with van der Waals surface area (Å²) in [6, 6.07) is 20.8. The van der Waals surface area contributed by atoms with Crippen molar-refractivity contribution >= 4 is 29.1 Å². The Balaban J connectivity index is 1.55. The largest absolute Gasteiger partial charge is 0.488 e. The van der Waals surface area contributed by atoms with Crippen molar-refractivity contribution in [2.45, 2.75) is 46.3 Å². The van der Waals surface area contributed by atoms with Gasteiger partial charge in [-0.15, -0.1) is 0 Å². The number of nitro benzene ring substituents is 1. The topological polar surface area (TPSA) is 113 Å². The van der Waals surface area contributed by atoms with Crippen LogP contribution in [0.5, 0.6) is 5.75 Å². The van der Waals surface area contributed by atoms with Gasteiger partial charge in [0.1, 0.15) is 12.4 Å². The maximum absolute atomic E-state index is 14.0. The average Bonchev–Trinajstić information content (AvgIpc) is 3.30. The quantitative estimate of drug-likeness (QED) is 0.145. The molecule has 0 spiro atoms. The van der Waals surface area contributed by atoms with Crippen LogP contribution in [-0.4, -0.2) is 22.1 Å². The first kappa shape index (κ1) is 29.7. The second-order valence-corrected chi connectivity index (χ2v) is 11.4. The zero-order valence-corrected chi connectivity index (χ0v) is 25.1. The number of aromatic nitrogens is 1. The Morgan fingerprint density at radius 2 is 1.79 bits per heavy atom. The highest BCUT2D eigenvalue weighted by atomic mass is 32.1. The summed E-state index contributed by atoms with van der Waals surface area (Å²) >= 11 is 1.24. The fraction of sp³-hybridized carbons (Fsp3) is 0.242. The Kier molecular flexibility index (Phi) is 8.68. The lowest BCUT2D eigenvalue weighted by Gasteiger charge is -2.25. The first-order valence-corrected chi connectivity index (χ1v) is 14.7. The number of thiazole rings is 1. The zero-order valence-electron chi connectivity index (χ0n) is 24.3. The molecule has 0 N–H and O–H groups in total. The minimum absolute atomic E-state index is 0.00930. The third-order valence-corrected chi connectivity index (χ3v) is 8.17. The van der Waals surface area contributed by atoms with Crippen molar-refractivity contribution in [2.75, 3.05) is 6.61 Å². The number of nitrogens with zero attached hydrogens (tertiary/aromatic N) is 3. The predicted octanol–water partition coefficient (Wildman–Crippen LogP) is 5.41. The number of rotatable bonds is 9. The second-order valence-electron chi connectivity index (χ2n) is 10.4. The van der Waals surface area contributed by atoms with Crippen LogP contribution < -0.4 is 19.6 Å². The van der Waals surface area contributed by atoms with Gasteiger partial charge in [-0.2, -0.15) is 0 Å². The van der Waals surface area contributed by atoms with E-state index in [4.69, 9.17) is 9.47 Å². The normalized spacial score (nSPS) is 14.8. The molecule has 1 aromatic heterocycles. The smallest absolute Gasteiger partial charge is 0.338 e. The number of allylic oxidation sites excluding steroid dienone is 1. The third-order valence-electron chi connectivity index (χ3n) is 7.18. The first-order chi connectivity index (χ1) is 20.7. The van der Waals surface area contributed by atoms with Gasteiger partial charge in [-0.3, -0.25) is 19.5 Å². The molecule has 0 saturated heterocycles. The van der Waals surface area contributed by atoms with Gasteiger partial charge in [-0.25, -0.2) is 9.79 Å². The van der Waals surface area contributed by atoms with E-state index in [1.54, 1.807) is 42.7 Å². The van der Waals surface area contributed by atoms with Crippen LogP contribution in [0, 0.1) is 10.1 Å². The monoisotopic (exact) mass is 597 g/mol. The van der Waals surface area contributed by atoms with E-state index in [0.717, 1.165) is 16.7 Å². The number of fused-ring (bicyclic) bond motifs is 1. The fourth-order valence-corrected chi connectivity index (χ4v) is 5.96. The Morgan fingerprint density at radius 1 is 1.09 bits per heavy atom. The van der Waals surface area contributed by atoms with E-state index >= 15 is 0 Å². The summed E-state index contributed by atoms with van der Waals surface area (Å²) in [7, 11) is 0. The van der Waals surface area contributed by atoms with Crippen LogP contribution in [0.2, 0.25) is 0 Å². The van der Waals surface area contributed by atoms with Crippen LogP contribution in [0.15, 0.2) is 93.9 Å². The Hall–Kier alpha value is -4.83. The third kappa shape index (κ3) is 6.19. The number of hydrogen-bond donors (Lipinski definition) is 0. The van der Waals surface area contributed by atoms with E-state index in [2.05, 4.69) is 18.8 Å². The molecule has 0 aliphatic carbocycles. The summed E-state index contributed by atoms with van der Waals surface area (Å²) in [5.41, 5.74) is 3.98. The number of esters is 1. The molecule has 3 aromatic carbocycles. The lowest BCUT2D eigenvalue weighted by molar-refractivity contribution is -0.384. The van der Waals surface area contributed by atoms with Crippen molar-refractivity contribution in [3.05, 3.63) is 136 Å². The molecule has 4 aromatic rings. The molecule has 0 bridgehead atoms. The first-order valence-electron chi connectivity index (χ1n) is 13.9. The van der Waals surface area contributed by atoms with E-state index < -0.39 is 16.9 Å². The number of hydrogen-bond acceptors (Lipinski definition) is 8. The highest BCUT2D eigenvalue weighted by Gasteiger charge is 2.33. The molecule has 0 fully saturated rings. The molecule has 43 heavy (non-hydrogen) atoms. The molecule has 0 saturated carbocycles. The molecular formula is C33H31N3O6S. The van der Waals surface area contributed by atoms with E-state index in [1.807, 2.05) is 42.5 Å². The molecule has 0 amide bonds. The van der Waals surface area contributed by atoms with Gasteiger partial charge in [-0.1, -0.05) is 67.6 Å². The van der Waals surface area contributed by atoms with Crippen LogP contribution >= 0.6 is 11.3 Å². The number of para-hydroxylation sites is 1. The molecule has 10 heteroatoms. The standard InChI is InChI=1S/C33H31N3O6S/c1-5-41-32(38)29-21(4)34-33-35(30(29)24-14-12-23(13-15-24)20(2)3)31(37)28(43-33)18-25-8-6-7-9-27(25)42-19-22-10-16-26(17-11-22)36(39)40/h6-18,20,30H,5,19H2,1-4H3/b28-18-/t30-/m1/s1. The lowest BCUT2D eigenvalue weighted by atomic mass is 9.93. The lowest BCUT2D eigenvalue weighted by Crippen LogP contribution is -2.39. The molecule has 1 atom stereocenters. The number of non-ortho nitro benzene ring substituents is 1. The van der Waals surface area contributed by atoms with Crippen LogP contribution in [0.25, 0.3) is 6.08 Å². The molecule has 5 rings (SSSR count). The summed E-state index contributed by atoms with van der Waals surface area (Å²) in [5.74, 6) is 0.386. The molecule has 0 radical (unpaired) electrons. The van der Waals surface area contributed by atoms with Crippen molar-refractivity contribution in [3.8, 4) is 5.75 Å². The summed E-state index contributed by atoms with van der Waals surface area (Å²) in [6.07, 6.45) is 1.76. The minimum Gasteiger partial charge on any atom is -0.488 e. The Morgan fingerprint density at radius 3 is 2.44 bits per heavy atom. The van der Waals surface area contributed by atoms with Gasteiger partial charge >= 0.3 is 5.97 Å². The minimum atomic E-state index is -0.688. The number of ether oxygens (including phenoxy) is 2. The van der Waals surface area contributed by atoms with Crippen molar-refractivity contribution in [1.82, 2.24) is 4.57 Å². The maximum atomic E-state index is 14.0. The Labute approximate surface area is 252 Å². The van der Waals surface area contributed by atoms with Crippen LogP contribution in [0.4, 0.5) is 5.69 Å². The second kappa shape index (κ2) is 12.6. The van der Waals surface area contributed by atoms with E-state index in [0.29, 0.717) is 37.8 Å². The zero-order chi connectivity index (χ0) is 30.7. The van der Waals surface area contributed by atoms with Crippen LogP contribution in [0.1, 0.15) is 61.9 Å². The van der Waals surface area contributed by atoms with Gasteiger partial charge in [0, 0.05) is 17.7 Å². The number of carbonyl (C=O) groups excluding carboxylic acids is 1. The van der Waals surface area contributed by atoms with Gasteiger partial charge in [0.05, 0.1) is 33.4 Å². The fourth-order valence-electron chi connectivity index (χ4n) is 4.92. The van der Waals surface area contributed by atoms with Crippen molar-refractivity contribution in [3.63, 3.8) is 0 Å². The van der Waals surface area contributed by atoms with Crippen molar-refractivity contribution < 1.29 is 19.2 Å². The van der Waals surface area contributed by atoms with Crippen LogP contribution in [-0.2, 0) is 16.1 Å². The molecule has 0 unspecified atom stereocenters. The van der Waals surface area contributed by atoms with E-state index in [9.17, 15) is 19.7 Å². The molecule has 220 valence electrons.